The van der Waals surface area contributed by atoms with Crippen molar-refractivity contribution in [3.63, 3.8) is 0 Å². The van der Waals surface area contributed by atoms with Gasteiger partial charge in [-0.3, -0.25) is 4.79 Å². The van der Waals surface area contributed by atoms with E-state index in [2.05, 4.69) is 10.3 Å². The van der Waals surface area contributed by atoms with Crippen molar-refractivity contribution in [2.75, 3.05) is 18.0 Å². The van der Waals surface area contributed by atoms with Crippen LogP contribution in [0.3, 0.4) is 0 Å². The highest BCUT2D eigenvalue weighted by molar-refractivity contribution is 7.89. The third kappa shape index (κ3) is 4.55. The molecule has 0 unspecified atom stereocenters. The summed E-state index contributed by atoms with van der Waals surface area (Å²) in [6.07, 6.45) is 0. The normalized spacial score (nSPS) is 11.2. The van der Waals surface area contributed by atoms with Crippen LogP contribution in [-0.2, 0) is 10.0 Å². The standard InChI is InChI=1S/C8H11ClN4O3S/c9-5-1-2-6(10)13-7(5)8(14)12-3-4-17(11,15)16/h1-2H,3-4H2,(H2,10,13)(H,12,14)(H2,11,15,16). The molecule has 0 aliphatic carbocycles. The number of nitrogen functional groups attached to an aromatic ring is 1. The maximum atomic E-state index is 11.6. The van der Waals surface area contributed by atoms with Crippen molar-refractivity contribution in [2.24, 2.45) is 5.14 Å². The van der Waals surface area contributed by atoms with Gasteiger partial charge in [0.15, 0.2) is 0 Å². The summed E-state index contributed by atoms with van der Waals surface area (Å²) in [5.41, 5.74) is 5.34. The first-order valence-corrected chi connectivity index (χ1v) is 6.59. The molecule has 0 saturated heterocycles. The Hall–Kier alpha value is -1.38. The molecule has 1 aromatic heterocycles. The van der Waals surface area contributed by atoms with E-state index in [4.69, 9.17) is 22.5 Å². The zero-order valence-electron chi connectivity index (χ0n) is 8.68. The number of primary sulfonamides is 1. The van der Waals surface area contributed by atoms with Crippen molar-refractivity contribution in [1.82, 2.24) is 10.3 Å². The van der Waals surface area contributed by atoms with Crippen LogP contribution in [0.15, 0.2) is 12.1 Å². The number of carbonyl (C=O) groups excluding carboxylic acids is 1. The molecule has 0 aliphatic rings. The van der Waals surface area contributed by atoms with Gasteiger partial charge < -0.3 is 11.1 Å². The number of hydrogen-bond donors (Lipinski definition) is 3. The lowest BCUT2D eigenvalue weighted by atomic mass is 10.3. The highest BCUT2D eigenvalue weighted by Crippen LogP contribution is 2.14. The Morgan fingerprint density at radius 3 is 2.71 bits per heavy atom. The number of aromatic nitrogens is 1. The second-order valence-electron chi connectivity index (χ2n) is 3.19. The summed E-state index contributed by atoms with van der Waals surface area (Å²) in [4.78, 5) is 15.3. The molecule has 0 atom stereocenters. The quantitative estimate of drug-likeness (QED) is 0.673. The van der Waals surface area contributed by atoms with Crippen molar-refractivity contribution in [3.8, 4) is 0 Å². The Balaban J connectivity index is 2.67. The van der Waals surface area contributed by atoms with E-state index in [1.165, 1.54) is 12.1 Å². The summed E-state index contributed by atoms with van der Waals surface area (Å²) in [5.74, 6) is -0.824. The zero-order valence-corrected chi connectivity index (χ0v) is 10.3. The van der Waals surface area contributed by atoms with Crippen LogP contribution in [0.2, 0.25) is 5.02 Å². The number of amides is 1. The number of rotatable bonds is 4. The monoisotopic (exact) mass is 278 g/mol. The second-order valence-corrected chi connectivity index (χ2v) is 5.33. The fourth-order valence-electron chi connectivity index (χ4n) is 1.01. The first-order valence-electron chi connectivity index (χ1n) is 4.50. The molecule has 0 aliphatic heterocycles. The van der Waals surface area contributed by atoms with Crippen molar-refractivity contribution < 1.29 is 13.2 Å². The summed E-state index contributed by atoms with van der Waals surface area (Å²) < 4.78 is 21.3. The number of pyridine rings is 1. The van der Waals surface area contributed by atoms with Gasteiger partial charge in [0.05, 0.1) is 10.8 Å². The third-order valence-electron chi connectivity index (χ3n) is 1.75. The Morgan fingerprint density at radius 1 is 1.47 bits per heavy atom. The van der Waals surface area contributed by atoms with Crippen molar-refractivity contribution >= 4 is 33.3 Å². The molecule has 17 heavy (non-hydrogen) atoms. The Kier molecular flexibility index (Phi) is 4.27. The fraction of sp³-hybridized carbons (Fsp3) is 0.250. The number of nitrogens with one attached hydrogen (secondary N) is 1. The molecule has 0 spiro atoms. The molecule has 1 aromatic rings. The summed E-state index contributed by atoms with van der Waals surface area (Å²) in [6.45, 7) is -0.121. The van der Waals surface area contributed by atoms with Crippen LogP contribution in [-0.4, -0.2) is 31.6 Å². The van der Waals surface area contributed by atoms with E-state index in [0.29, 0.717) is 0 Å². The molecule has 7 nitrogen and oxygen atoms in total. The third-order valence-corrected chi connectivity index (χ3v) is 2.83. The van der Waals surface area contributed by atoms with Crippen LogP contribution in [0.4, 0.5) is 5.82 Å². The van der Waals surface area contributed by atoms with E-state index in [1.54, 1.807) is 0 Å². The molecule has 94 valence electrons. The largest absolute Gasteiger partial charge is 0.384 e. The highest BCUT2D eigenvalue weighted by atomic mass is 35.5. The van der Waals surface area contributed by atoms with Gasteiger partial charge in [0.2, 0.25) is 10.0 Å². The topological polar surface area (TPSA) is 128 Å². The number of anilines is 1. The lowest BCUT2D eigenvalue weighted by Gasteiger charge is -2.05. The Bertz CT molecular complexity index is 532. The minimum absolute atomic E-state index is 0.0545. The molecular weight excluding hydrogens is 268 g/mol. The van der Waals surface area contributed by atoms with E-state index in [9.17, 15) is 13.2 Å². The second kappa shape index (κ2) is 5.30. The van der Waals surface area contributed by atoms with E-state index in [0.717, 1.165) is 0 Å². The first kappa shape index (κ1) is 13.7. The zero-order chi connectivity index (χ0) is 13.1. The molecule has 5 N–H and O–H groups in total. The molecule has 0 radical (unpaired) electrons. The number of nitrogens with two attached hydrogens (primary N) is 2. The predicted octanol–water partition coefficient (Wildman–Crippen LogP) is -0.664. The van der Waals surface area contributed by atoms with Crippen LogP contribution in [0.25, 0.3) is 0 Å². The maximum Gasteiger partial charge on any atom is 0.271 e. The molecule has 0 saturated carbocycles. The molecule has 9 heteroatoms. The van der Waals surface area contributed by atoms with E-state index in [1.807, 2.05) is 0 Å². The molecule has 0 aromatic carbocycles. The number of hydrogen-bond acceptors (Lipinski definition) is 5. The van der Waals surface area contributed by atoms with Gasteiger partial charge in [0.25, 0.3) is 5.91 Å². The summed E-state index contributed by atoms with van der Waals surface area (Å²) in [6, 6.07) is 2.88. The summed E-state index contributed by atoms with van der Waals surface area (Å²) in [7, 11) is -3.61. The first-order chi connectivity index (χ1) is 7.79. The fourth-order valence-corrected chi connectivity index (χ4v) is 1.58. The van der Waals surface area contributed by atoms with E-state index >= 15 is 0 Å². The van der Waals surface area contributed by atoms with Crippen molar-refractivity contribution in [2.45, 2.75) is 0 Å². The average Bonchev–Trinajstić information content (AvgIpc) is 2.19. The van der Waals surface area contributed by atoms with Crippen molar-refractivity contribution in [1.29, 1.82) is 0 Å². The van der Waals surface area contributed by atoms with Gasteiger partial charge in [-0.1, -0.05) is 11.6 Å². The summed E-state index contributed by atoms with van der Waals surface area (Å²) in [5, 5.41) is 7.23. The average molecular weight is 279 g/mol. The van der Waals surface area contributed by atoms with Gasteiger partial charge in [-0.15, -0.1) is 0 Å². The van der Waals surface area contributed by atoms with E-state index < -0.39 is 15.9 Å². The minimum Gasteiger partial charge on any atom is -0.384 e. The van der Waals surface area contributed by atoms with Crippen LogP contribution in [0, 0.1) is 0 Å². The molecule has 1 rings (SSSR count). The van der Waals surface area contributed by atoms with Gasteiger partial charge in [0, 0.05) is 6.54 Å². The number of halogens is 1. The number of nitrogens with zero attached hydrogens (tertiary/aromatic N) is 1. The minimum atomic E-state index is -3.61. The maximum absolute atomic E-state index is 11.6. The van der Waals surface area contributed by atoms with Gasteiger partial charge in [-0.2, -0.15) is 0 Å². The van der Waals surface area contributed by atoms with Gasteiger partial charge in [-0.05, 0) is 12.1 Å². The number of carbonyl (C=O) groups is 1. The number of sulfonamides is 1. The Morgan fingerprint density at radius 2 is 2.12 bits per heavy atom. The molecule has 0 bridgehead atoms. The lowest BCUT2D eigenvalue weighted by molar-refractivity contribution is 0.0951. The van der Waals surface area contributed by atoms with E-state index in [-0.39, 0.29) is 28.8 Å². The van der Waals surface area contributed by atoms with Gasteiger partial charge in [-0.25, -0.2) is 18.5 Å². The smallest absolute Gasteiger partial charge is 0.271 e. The van der Waals surface area contributed by atoms with Crippen LogP contribution >= 0.6 is 11.6 Å². The molecule has 0 fully saturated rings. The van der Waals surface area contributed by atoms with Crippen molar-refractivity contribution in [3.05, 3.63) is 22.8 Å². The summed E-state index contributed by atoms with van der Waals surface area (Å²) >= 11 is 5.74. The van der Waals surface area contributed by atoms with Gasteiger partial charge in [0.1, 0.15) is 11.5 Å². The van der Waals surface area contributed by atoms with Gasteiger partial charge >= 0.3 is 0 Å². The Labute approximate surface area is 103 Å². The lowest BCUT2D eigenvalue weighted by Crippen LogP contribution is -2.32. The predicted molar refractivity (Wildman–Crippen MR) is 64.0 cm³/mol. The molecule has 1 heterocycles. The molecule has 1 amide bonds. The van der Waals surface area contributed by atoms with Crippen LogP contribution in [0.1, 0.15) is 10.5 Å². The molecular formula is C8H11ClN4O3S. The van der Waals surface area contributed by atoms with Crippen LogP contribution < -0.4 is 16.2 Å². The highest BCUT2D eigenvalue weighted by Gasteiger charge is 2.13. The SMILES string of the molecule is Nc1ccc(Cl)c(C(=O)NCCS(N)(=O)=O)n1. The van der Waals surface area contributed by atoms with Crippen LogP contribution in [0.5, 0.6) is 0 Å².